The topological polar surface area (TPSA) is 71.4 Å². The van der Waals surface area contributed by atoms with Crippen molar-refractivity contribution >= 4 is 17.9 Å². The van der Waals surface area contributed by atoms with Gasteiger partial charge in [-0.1, -0.05) is 36.4 Å². The van der Waals surface area contributed by atoms with Crippen molar-refractivity contribution in [2.75, 3.05) is 0 Å². The van der Waals surface area contributed by atoms with Crippen LogP contribution in [0.2, 0.25) is 0 Å². The van der Waals surface area contributed by atoms with Gasteiger partial charge < -0.3 is 9.90 Å². The second-order valence-corrected chi connectivity index (χ2v) is 7.00. The first-order valence-corrected chi connectivity index (χ1v) is 8.59. The third kappa shape index (κ3) is 2.07. The highest BCUT2D eigenvalue weighted by Crippen LogP contribution is 2.56. The summed E-state index contributed by atoms with van der Waals surface area (Å²) in [5.74, 6) is -2.78. The van der Waals surface area contributed by atoms with E-state index in [1.165, 1.54) is 24.3 Å². The van der Waals surface area contributed by atoms with E-state index in [1.54, 1.807) is 24.3 Å². The van der Waals surface area contributed by atoms with Gasteiger partial charge in [0.1, 0.15) is 17.5 Å². The predicted octanol–water partition coefficient (Wildman–Crippen LogP) is 2.94. The van der Waals surface area contributed by atoms with Crippen LogP contribution in [0, 0.1) is 17.2 Å². The van der Waals surface area contributed by atoms with Crippen molar-refractivity contribution < 1.29 is 23.9 Å². The van der Waals surface area contributed by atoms with Crippen LogP contribution >= 0.6 is 0 Å². The lowest BCUT2D eigenvalue weighted by Crippen LogP contribution is -2.54. The Morgan fingerprint density at radius 2 is 1.54 bits per heavy atom. The number of aldehydes is 1. The fraction of sp³-hybridized carbons (Fsp3) is 0.286. The first-order valence-electron chi connectivity index (χ1n) is 8.59. The maximum Gasteiger partial charge on any atom is 0.180 e. The quantitative estimate of drug-likeness (QED) is 0.666. The summed E-state index contributed by atoms with van der Waals surface area (Å²) < 4.78 is 13.4. The number of carbonyl (C=O) groups excluding carboxylic acids is 3. The molecule has 5 heteroatoms. The monoisotopic (exact) mass is 352 g/mol. The number of benzene rings is 2. The number of rotatable bonds is 2. The van der Waals surface area contributed by atoms with E-state index in [4.69, 9.17) is 0 Å². The molecule has 1 spiro atoms. The minimum atomic E-state index is -1.73. The molecule has 4 nitrogen and oxygen atoms in total. The van der Waals surface area contributed by atoms with E-state index < -0.39 is 40.7 Å². The fourth-order valence-electron chi connectivity index (χ4n) is 4.63. The van der Waals surface area contributed by atoms with Crippen LogP contribution in [0.3, 0.4) is 0 Å². The number of halogens is 1. The van der Waals surface area contributed by atoms with Crippen molar-refractivity contribution in [1.82, 2.24) is 0 Å². The largest absolute Gasteiger partial charge is 0.392 e. The zero-order valence-electron chi connectivity index (χ0n) is 13.9. The molecule has 0 aliphatic heterocycles. The van der Waals surface area contributed by atoms with E-state index >= 15 is 0 Å². The van der Waals surface area contributed by atoms with Crippen LogP contribution in [0.1, 0.15) is 45.0 Å². The van der Waals surface area contributed by atoms with E-state index in [9.17, 15) is 23.9 Å². The second kappa shape index (κ2) is 5.95. The summed E-state index contributed by atoms with van der Waals surface area (Å²) in [5, 5.41) is 10.8. The van der Waals surface area contributed by atoms with Crippen molar-refractivity contribution in [3.05, 3.63) is 71.0 Å². The molecule has 1 N–H and O–H groups in total. The lowest BCUT2D eigenvalue weighted by molar-refractivity contribution is -0.115. The van der Waals surface area contributed by atoms with E-state index in [0.29, 0.717) is 12.0 Å². The van der Waals surface area contributed by atoms with Crippen molar-refractivity contribution in [3.8, 4) is 0 Å². The van der Waals surface area contributed by atoms with Crippen molar-refractivity contribution in [1.29, 1.82) is 0 Å². The number of ketones is 2. The van der Waals surface area contributed by atoms with Crippen LogP contribution < -0.4 is 0 Å². The van der Waals surface area contributed by atoms with E-state index in [2.05, 4.69) is 0 Å². The number of carbonyl (C=O) groups is 3. The molecule has 4 rings (SSSR count). The molecule has 3 atom stereocenters. The Morgan fingerprint density at radius 3 is 2.08 bits per heavy atom. The Bertz CT molecular complexity index is 867. The Labute approximate surface area is 149 Å². The Kier molecular flexibility index (Phi) is 3.84. The fourth-order valence-corrected chi connectivity index (χ4v) is 4.63. The summed E-state index contributed by atoms with van der Waals surface area (Å²) >= 11 is 0. The molecule has 0 radical (unpaired) electrons. The highest BCUT2D eigenvalue weighted by atomic mass is 19.1. The molecule has 2 aromatic rings. The van der Waals surface area contributed by atoms with Gasteiger partial charge >= 0.3 is 0 Å². The average molecular weight is 352 g/mol. The summed E-state index contributed by atoms with van der Waals surface area (Å²) in [6, 6.07) is 11.9. The van der Waals surface area contributed by atoms with Gasteiger partial charge in [-0.05, 0) is 30.5 Å². The van der Waals surface area contributed by atoms with Gasteiger partial charge in [-0.25, -0.2) is 4.39 Å². The SMILES string of the molecule is O=C[C@@H]1CC[C@@H](O)C2(C(=O)c3ccccc3C2=O)[C@H]1c1ccc(F)cc1. The Balaban J connectivity index is 1.96. The standard InChI is InChI=1S/C21H17FO4/c22-14-8-5-12(6-9-14)18-13(11-23)7-10-17(24)21(18)19(25)15-3-1-2-4-16(15)20(21)26/h1-6,8-9,11,13,17-18,24H,7,10H2/t13-,17+,18-/m0/s1. The van der Waals surface area contributed by atoms with Gasteiger partial charge in [-0.2, -0.15) is 0 Å². The number of aliphatic hydroxyl groups is 1. The van der Waals surface area contributed by atoms with Gasteiger partial charge in [0, 0.05) is 23.0 Å². The number of aliphatic hydroxyl groups excluding tert-OH is 1. The second-order valence-electron chi connectivity index (χ2n) is 7.00. The summed E-state index contributed by atoms with van der Waals surface area (Å²) in [6.07, 6.45) is 0.101. The van der Waals surface area contributed by atoms with Crippen LogP contribution in [0.15, 0.2) is 48.5 Å². The molecule has 0 unspecified atom stereocenters. The molecule has 1 saturated carbocycles. The van der Waals surface area contributed by atoms with Crippen molar-refractivity contribution in [2.24, 2.45) is 11.3 Å². The molecule has 132 valence electrons. The van der Waals surface area contributed by atoms with E-state index in [-0.39, 0.29) is 17.5 Å². The minimum absolute atomic E-state index is 0.187. The first-order chi connectivity index (χ1) is 12.5. The molecular formula is C21H17FO4. The van der Waals surface area contributed by atoms with Crippen LogP contribution in [0.4, 0.5) is 4.39 Å². The molecule has 2 aromatic carbocycles. The average Bonchev–Trinajstić information content (AvgIpc) is 2.88. The first kappa shape index (κ1) is 16.8. The number of hydrogen-bond acceptors (Lipinski definition) is 4. The van der Waals surface area contributed by atoms with Crippen molar-refractivity contribution in [3.63, 3.8) is 0 Å². The molecule has 2 aliphatic carbocycles. The normalized spacial score (nSPS) is 26.8. The molecular weight excluding hydrogens is 335 g/mol. The number of Topliss-reactive ketones (excluding diaryl/α,β-unsaturated/α-hetero) is 2. The van der Waals surface area contributed by atoms with E-state index in [0.717, 1.165) is 6.29 Å². The lowest BCUT2D eigenvalue weighted by Gasteiger charge is -2.45. The minimum Gasteiger partial charge on any atom is -0.392 e. The third-order valence-electron chi connectivity index (χ3n) is 5.79. The maximum atomic E-state index is 13.4. The van der Waals surface area contributed by atoms with E-state index in [1.807, 2.05) is 0 Å². The summed E-state index contributed by atoms with van der Waals surface area (Å²) in [7, 11) is 0. The summed E-state index contributed by atoms with van der Waals surface area (Å²) in [6.45, 7) is 0. The molecule has 0 heterocycles. The molecule has 26 heavy (non-hydrogen) atoms. The zero-order chi connectivity index (χ0) is 18.5. The highest BCUT2D eigenvalue weighted by molar-refractivity contribution is 6.30. The predicted molar refractivity (Wildman–Crippen MR) is 91.5 cm³/mol. The summed E-state index contributed by atoms with van der Waals surface area (Å²) in [5.41, 5.74) is -0.673. The molecule has 1 fully saturated rings. The van der Waals surface area contributed by atoms with Crippen LogP contribution in [0.25, 0.3) is 0 Å². The third-order valence-corrected chi connectivity index (χ3v) is 5.79. The Morgan fingerprint density at radius 1 is 0.962 bits per heavy atom. The molecule has 0 bridgehead atoms. The van der Waals surface area contributed by atoms with Crippen LogP contribution in [-0.2, 0) is 4.79 Å². The lowest BCUT2D eigenvalue weighted by atomic mass is 9.56. The van der Waals surface area contributed by atoms with Gasteiger partial charge in [-0.3, -0.25) is 9.59 Å². The summed E-state index contributed by atoms with van der Waals surface area (Å²) in [4.78, 5) is 38.4. The molecule has 2 aliphatic rings. The van der Waals surface area contributed by atoms with Crippen molar-refractivity contribution in [2.45, 2.75) is 24.9 Å². The Hall–Kier alpha value is -2.66. The van der Waals surface area contributed by atoms with Gasteiger partial charge in [0.15, 0.2) is 11.6 Å². The number of fused-ring (bicyclic) bond motifs is 1. The van der Waals surface area contributed by atoms with Gasteiger partial charge in [0.2, 0.25) is 0 Å². The maximum absolute atomic E-state index is 13.4. The van der Waals surface area contributed by atoms with Crippen LogP contribution in [-0.4, -0.2) is 29.1 Å². The van der Waals surface area contributed by atoms with Crippen LogP contribution in [0.5, 0.6) is 0 Å². The molecule has 0 aromatic heterocycles. The highest BCUT2D eigenvalue weighted by Gasteiger charge is 2.65. The molecule has 0 saturated heterocycles. The van der Waals surface area contributed by atoms with Gasteiger partial charge in [0.05, 0.1) is 6.10 Å². The number of hydrogen-bond donors (Lipinski definition) is 1. The molecule has 0 amide bonds. The smallest absolute Gasteiger partial charge is 0.180 e. The van der Waals surface area contributed by atoms with Gasteiger partial charge in [0.25, 0.3) is 0 Å². The van der Waals surface area contributed by atoms with Gasteiger partial charge in [-0.15, -0.1) is 0 Å². The zero-order valence-corrected chi connectivity index (χ0v) is 13.9.